The van der Waals surface area contributed by atoms with Gasteiger partial charge in [0.05, 0.1) is 24.2 Å². The van der Waals surface area contributed by atoms with Crippen LogP contribution in [-0.2, 0) is 22.7 Å². The van der Waals surface area contributed by atoms with Gasteiger partial charge in [0.1, 0.15) is 12.4 Å². The van der Waals surface area contributed by atoms with Gasteiger partial charge in [0.2, 0.25) is 0 Å². The second-order valence-corrected chi connectivity index (χ2v) is 5.38. The first-order chi connectivity index (χ1) is 11.2. The minimum atomic E-state index is -0.235. The lowest BCUT2D eigenvalue weighted by molar-refractivity contribution is -0.141. The van der Waals surface area contributed by atoms with E-state index in [-0.39, 0.29) is 12.6 Å². The SMILES string of the molecule is [C-]#[N+]c1ccc2c(c1)nc(CO)n2CCCCCCOC(C)=O. The zero-order valence-electron chi connectivity index (χ0n) is 13.3. The van der Waals surface area contributed by atoms with Crippen molar-refractivity contribution in [2.24, 2.45) is 0 Å². The van der Waals surface area contributed by atoms with Crippen LogP contribution in [-0.4, -0.2) is 27.2 Å². The molecule has 2 rings (SSSR count). The van der Waals surface area contributed by atoms with Gasteiger partial charge >= 0.3 is 5.97 Å². The third-order valence-corrected chi connectivity index (χ3v) is 3.66. The number of aryl methyl sites for hydroxylation is 1. The highest BCUT2D eigenvalue weighted by Crippen LogP contribution is 2.23. The molecule has 0 amide bonds. The van der Waals surface area contributed by atoms with E-state index in [2.05, 4.69) is 9.83 Å². The number of carbonyl (C=O) groups excluding carboxylic acids is 1. The second-order valence-electron chi connectivity index (χ2n) is 5.38. The number of imidazole rings is 1. The Morgan fingerprint density at radius 2 is 2.13 bits per heavy atom. The Balaban J connectivity index is 1.92. The van der Waals surface area contributed by atoms with Crippen molar-refractivity contribution in [3.05, 3.63) is 35.4 Å². The van der Waals surface area contributed by atoms with Crippen LogP contribution in [0.3, 0.4) is 0 Å². The number of fused-ring (bicyclic) bond motifs is 1. The number of benzene rings is 1. The maximum absolute atomic E-state index is 10.7. The van der Waals surface area contributed by atoms with Crippen LogP contribution in [0.5, 0.6) is 0 Å². The average Bonchev–Trinajstić information content (AvgIpc) is 2.90. The Morgan fingerprint density at radius 1 is 1.35 bits per heavy atom. The summed E-state index contributed by atoms with van der Waals surface area (Å²) in [6, 6.07) is 5.40. The normalized spacial score (nSPS) is 10.7. The van der Waals surface area contributed by atoms with E-state index in [9.17, 15) is 9.90 Å². The molecule has 0 aliphatic rings. The van der Waals surface area contributed by atoms with Gasteiger partial charge in [0.15, 0.2) is 5.69 Å². The zero-order valence-corrected chi connectivity index (χ0v) is 13.3. The van der Waals surface area contributed by atoms with E-state index >= 15 is 0 Å². The van der Waals surface area contributed by atoms with E-state index in [0.29, 0.717) is 18.1 Å². The molecule has 1 heterocycles. The maximum atomic E-state index is 10.7. The molecule has 1 aromatic carbocycles. The van der Waals surface area contributed by atoms with Crippen LogP contribution in [0.15, 0.2) is 18.2 Å². The molecular weight excluding hydrogens is 294 g/mol. The molecule has 0 fully saturated rings. The Morgan fingerprint density at radius 3 is 2.83 bits per heavy atom. The average molecular weight is 315 g/mol. The summed E-state index contributed by atoms with van der Waals surface area (Å²) in [6.45, 7) is 9.60. The number of nitrogens with zero attached hydrogens (tertiary/aromatic N) is 3. The summed E-state index contributed by atoms with van der Waals surface area (Å²) < 4.78 is 6.91. The number of rotatable bonds is 8. The predicted molar refractivity (Wildman–Crippen MR) is 87.0 cm³/mol. The third kappa shape index (κ3) is 4.54. The molecule has 0 aliphatic carbocycles. The molecule has 1 aromatic heterocycles. The summed E-state index contributed by atoms with van der Waals surface area (Å²) in [7, 11) is 0. The molecule has 0 spiro atoms. The monoisotopic (exact) mass is 315 g/mol. The Bertz CT molecular complexity index is 716. The van der Waals surface area contributed by atoms with Crippen LogP contribution in [0.25, 0.3) is 15.9 Å². The molecular formula is C17H21N3O3. The number of aliphatic hydroxyl groups excluding tert-OH is 1. The van der Waals surface area contributed by atoms with Gasteiger partial charge in [-0.15, -0.1) is 0 Å². The highest BCUT2D eigenvalue weighted by atomic mass is 16.5. The van der Waals surface area contributed by atoms with Crippen molar-refractivity contribution in [2.75, 3.05) is 6.61 Å². The van der Waals surface area contributed by atoms with Crippen molar-refractivity contribution in [3.63, 3.8) is 0 Å². The van der Waals surface area contributed by atoms with Gasteiger partial charge in [0.25, 0.3) is 0 Å². The lowest BCUT2D eigenvalue weighted by Gasteiger charge is -2.08. The van der Waals surface area contributed by atoms with Gasteiger partial charge in [0, 0.05) is 13.5 Å². The summed E-state index contributed by atoms with van der Waals surface area (Å²) in [4.78, 5) is 18.5. The molecule has 0 saturated heterocycles. The first kappa shape index (κ1) is 17.0. The van der Waals surface area contributed by atoms with E-state index < -0.39 is 0 Å². The molecule has 0 bridgehead atoms. The molecule has 1 N–H and O–H groups in total. The minimum Gasteiger partial charge on any atom is -0.466 e. The van der Waals surface area contributed by atoms with Crippen molar-refractivity contribution < 1.29 is 14.6 Å². The Hall–Kier alpha value is -2.39. The number of esters is 1. The summed E-state index contributed by atoms with van der Waals surface area (Å²) in [5, 5.41) is 9.48. The van der Waals surface area contributed by atoms with Gasteiger partial charge in [-0.2, -0.15) is 0 Å². The third-order valence-electron chi connectivity index (χ3n) is 3.66. The van der Waals surface area contributed by atoms with E-state index in [1.54, 1.807) is 12.1 Å². The smallest absolute Gasteiger partial charge is 0.302 e. The lowest BCUT2D eigenvalue weighted by Crippen LogP contribution is -2.04. The predicted octanol–water partition coefficient (Wildman–Crippen LogP) is 3.20. The van der Waals surface area contributed by atoms with Crippen LogP contribution in [0.4, 0.5) is 5.69 Å². The molecule has 0 unspecified atom stereocenters. The number of unbranched alkanes of at least 4 members (excludes halogenated alkanes) is 3. The molecule has 23 heavy (non-hydrogen) atoms. The highest BCUT2D eigenvalue weighted by molar-refractivity contribution is 5.80. The molecule has 0 saturated carbocycles. The van der Waals surface area contributed by atoms with Gasteiger partial charge in [-0.25, -0.2) is 9.83 Å². The zero-order chi connectivity index (χ0) is 16.7. The van der Waals surface area contributed by atoms with Crippen LogP contribution < -0.4 is 0 Å². The van der Waals surface area contributed by atoms with Crippen LogP contribution in [0, 0.1) is 6.57 Å². The second kappa shape index (κ2) is 8.30. The summed E-state index contributed by atoms with van der Waals surface area (Å²) in [5.41, 5.74) is 2.25. The minimum absolute atomic E-state index is 0.117. The number of ether oxygens (including phenoxy) is 1. The highest BCUT2D eigenvalue weighted by Gasteiger charge is 2.10. The Kier molecular flexibility index (Phi) is 6.12. The fourth-order valence-corrected chi connectivity index (χ4v) is 2.55. The number of carbonyl (C=O) groups is 1. The van der Waals surface area contributed by atoms with Crippen LogP contribution in [0.2, 0.25) is 0 Å². The van der Waals surface area contributed by atoms with Crippen molar-refractivity contribution in [3.8, 4) is 0 Å². The maximum Gasteiger partial charge on any atom is 0.302 e. The fourth-order valence-electron chi connectivity index (χ4n) is 2.55. The van der Waals surface area contributed by atoms with Crippen molar-refractivity contribution in [1.82, 2.24) is 9.55 Å². The fraction of sp³-hybridized carbons (Fsp3) is 0.471. The summed E-state index contributed by atoms with van der Waals surface area (Å²) >= 11 is 0. The van der Waals surface area contributed by atoms with Gasteiger partial charge in [-0.3, -0.25) is 4.79 Å². The number of hydrogen-bond acceptors (Lipinski definition) is 4. The number of aliphatic hydroxyl groups is 1. The van der Waals surface area contributed by atoms with E-state index in [1.165, 1.54) is 6.92 Å². The van der Waals surface area contributed by atoms with E-state index in [4.69, 9.17) is 11.3 Å². The summed E-state index contributed by atoms with van der Waals surface area (Å²) in [6.07, 6.45) is 3.84. The first-order valence-electron chi connectivity index (χ1n) is 7.76. The number of hydrogen-bond donors (Lipinski definition) is 1. The van der Waals surface area contributed by atoms with Gasteiger partial charge in [-0.05, 0) is 31.4 Å². The van der Waals surface area contributed by atoms with Crippen molar-refractivity contribution >= 4 is 22.7 Å². The molecule has 0 radical (unpaired) electrons. The quantitative estimate of drug-likeness (QED) is 0.461. The van der Waals surface area contributed by atoms with Crippen LogP contribution >= 0.6 is 0 Å². The molecule has 6 nitrogen and oxygen atoms in total. The standard InChI is InChI=1S/C17H21N3O3/c1-13(22)23-10-6-4-3-5-9-20-16-8-7-14(18-2)11-15(16)19-17(20)12-21/h7-8,11,21H,3-6,9-10,12H2,1H3. The molecule has 0 atom stereocenters. The molecule has 122 valence electrons. The van der Waals surface area contributed by atoms with E-state index in [1.807, 2.05) is 10.6 Å². The van der Waals surface area contributed by atoms with Crippen LogP contribution in [0.1, 0.15) is 38.4 Å². The molecule has 0 aliphatic heterocycles. The first-order valence-corrected chi connectivity index (χ1v) is 7.76. The largest absolute Gasteiger partial charge is 0.466 e. The van der Waals surface area contributed by atoms with Crippen molar-refractivity contribution in [2.45, 2.75) is 45.8 Å². The van der Waals surface area contributed by atoms with Crippen molar-refractivity contribution in [1.29, 1.82) is 0 Å². The Labute approximate surface area is 135 Å². The van der Waals surface area contributed by atoms with Gasteiger partial charge < -0.3 is 14.4 Å². The summed E-state index contributed by atoms with van der Waals surface area (Å²) in [5.74, 6) is 0.392. The molecule has 6 heteroatoms. The lowest BCUT2D eigenvalue weighted by atomic mass is 10.2. The number of aromatic nitrogens is 2. The molecule has 2 aromatic rings. The van der Waals surface area contributed by atoms with Gasteiger partial charge in [-0.1, -0.05) is 12.5 Å². The topological polar surface area (TPSA) is 68.7 Å². The van der Waals surface area contributed by atoms with E-state index in [0.717, 1.165) is 43.3 Å².